The van der Waals surface area contributed by atoms with Crippen molar-refractivity contribution >= 4 is 39.6 Å². The van der Waals surface area contributed by atoms with E-state index in [0.29, 0.717) is 17.2 Å². The number of halogens is 1. The topological polar surface area (TPSA) is 38.9 Å². The molecule has 45 heavy (non-hydrogen) atoms. The summed E-state index contributed by atoms with van der Waals surface area (Å²) < 4.78 is 21.7. The Balaban J connectivity index is 0.000000204. The molecule has 6 rings (SSSR count). The van der Waals surface area contributed by atoms with Crippen molar-refractivity contribution in [3.8, 4) is 22.5 Å². The largest absolute Gasteiger partial charge is 0 e. The first kappa shape index (κ1) is 34.7. The molecule has 0 atom stereocenters. The number of aromatic nitrogens is 2. The summed E-state index contributed by atoms with van der Waals surface area (Å²) in [6.07, 6.45) is 4.55. The van der Waals surface area contributed by atoms with E-state index in [-0.39, 0.29) is 31.3 Å². The smallest absolute Gasteiger partial charge is 0 e. The van der Waals surface area contributed by atoms with E-state index in [0.717, 1.165) is 45.2 Å². The second kappa shape index (κ2) is 14.1. The average molecular weight is 838 g/mol. The van der Waals surface area contributed by atoms with Crippen molar-refractivity contribution in [2.75, 3.05) is 0 Å². The van der Waals surface area contributed by atoms with Gasteiger partial charge in [0.2, 0.25) is 0 Å². The van der Waals surface area contributed by atoms with Gasteiger partial charge in [-0.15, -0.1) is 18.2 Å². The Morgan fingerprint density at radius 2 is 1.56 bits per heavy atom. The predicted octanol–water partition coefficient (Wildman–Crippen LogP) is 10.2. The molecule has 3 aromatic carbocycles. The molecule has 0 amide bonds. The Kier molecular flexibility index (Phi) is 10.9. The van der Waals surface area contributed by atoms with Crippen molar-refractivity contribution in [3.05, 3.63) is 114 Å². The first-order valence-electron chi connectivity index (χ1n) is 15.3. The molecule has 0 bridgehead atoms. The number of hydrogen-bond acceptors (Lipinski definition) is 3. The molecule has 3 nitrogen and oxygen atoms in total. The van der Waals surface area contributed by atoms with Gasteiger partial charge in [-0.25, -0.2) is 4.39 Å². The summed E-state index contributed by atoms with van der Waals surface area (Å²) >= 11 is -1.86. The van der Waals surface area contributed by atoms with Crippen molar-refractivity contribution in [3.63, 3.8) is 0 Å². The summed E-state index contributed by atoms with van der Waals surface area (Å²) in [6, 6.07) is 30.4. The summed E-state index contributed by atoms with van der Waals surface area (Å²) in [5.41, 5.74) is 6.96. The van der Waals surface area contributed by atoms with E-state index in [1.54, 1.807) is 10.5 Å². The van der Waals surface area contributed by atoms with Crippen LogP contribution in [-0.4, -0.2) is 23.2 Å². The van der Waals surface area contributed by atoms with Gasteiger partial charge in [0.1, 0.15) is 11.4 Å². The maximum atomic E-state index is 14.2. The summed E-state index contributed by atoms with van der Waals surface area (Å²) in [4.78, 5) is 8.98. The minimum absolute atomic E-state index is 0. The fourth-order valence-electron chi connectivity index (χ4n) is 5.51. The first-order valence-corrected chi connectivity index (χ1v) is 22.6. The van der Waals surface area contributed by atoms with Crippen LogP contribution in [0.4, 0.5) is 4.39 Å². The van der Waals surface area contributed by atoms with E-state index in [4.69, 9.17) is 9.40 Å². The van der Waals surface area contributed by atoms with Gasteiger partial charge >= 0.3 is 126 Å². The maximum Gasteiger partial charge on any atom is 0 e. The molecular formula is C39H41FGeIrN2O-2. The van der Waals surface area contributed by atoms with Gasteiger partial charge in [0.05, 0.1) is 11.8 Å². The van der Waals surface area contributed by atoms with Crippen LogP contribution in [0.5, 0.6) is 0 Å². The summed E-state index contributed by atoms with van der Waals surface area (Å²) in [7, 11) is 0. The number of hydrogen-bond donors (Lipinski definition) is 0. The predicted molar refractivity (Wildman–Crippen MR) is 184 cm³/mol. The van der Waals surface area contributed by atoms with Gasteiger partial charge in [0.25, 0.3) is 0 Å². The molecule has 0 unspecified atom stereocenters. The number of pyridine rings is 2. The molecule has 235 valence electrons. The molecule has 0 N–H and O–H groups in total. The van der Waals surface area contributed by atoms with E-state index in [9.17, 15) is 4.39 Å². The van der Waals surface area contributed by atoms with Crippen LogP contribution in [0, 0.1) is 23.9 Å². The molecule has 0 aliphatic rings. The second-order valence-electron chi connectivity index (χ2n) is 13.8. The van der Waals surface area contributed by atoms with Crippen molar-refractivity contribution in [1.29, 1.82) is 0 Å². The van der Waals surface area contributed by atoms with Crippen LogP contribution in [0.25, 0.3) is 44.5 Å². The van der Waals surface area contributed by atoms with Gasteiger partial charge in [-0.2, -0.15) is 0 Å². The Labute approximate surface area is 283 Å². The summed E-state index contributed by atoms with van der Waals surface area (Å²) in [5, 5.41) is 2.07. The molecule has 6 heteroatoms. The van der Waals surface area contributed by atoms with Crippen LogP contribution in [0.3, 0.4) is 0 Å². The number of para-hydroxylation sites is 1. The van der Waals surface area contributed by atoms with E-state index >= 15 is 0 Å². The van der Waals surface area contributed by atoms with Crippen LogP contribution in [-0.2, 0) is 31.9 Å². The van der Waals surface area contributed by atoms with Gasteiger partial charge in [-0.1, -0.05) is 56.0 Å². The normalized spacial score (nSPS) is 11.8. The Bertz CT molecular complexity index is 1900. The standard InChI is InChI=1S/C21H17FNO.C18H24GeN.Ir/c1-21(2,3)16-11-18(23-12-17(16)22)15-9-6-8-14-13-7-4-5-10-19(13)24-20(14)15;1-14(2)11-16-12-18(15-9-7-6-8-10-15)20-13-17(16)19(3,4)5;/h4-8,10-12H,1-3H3;6-9,12-14H,11H2,1-5H3;/q2*-1;. The number of benzene rings is 3. The minimum Gasteiger partial charge on any atom is 0 e. The molecule has 0 aliphatic heterocycles. The molecule has 0 saturated carbocycles. The van der Waals surface area contributed by atoms with Gasteiger partial charge in [0.15, 0.2) is 0 Å². The molecule has 3 heterocycles. The fourth-order valence-corrected chi connectivity index (χ4v) is 8.85. The molecule has 0 spiro atoms. The van der Waals surface area contributed by atoms with Crippen LogP contribution in [0.2, 0.25) is 17.3 Å². The van der Waals surface area contributed by atoms with Gasteiger partial charge in [0, 0.05) is 25.5 Å². The molecule has 0 fully saturated rings. The maximum absolute atomic E-state index is 14.2. The first-order chi connectivity index (χ1) is 20.8. The SMILES string of the molecule is CC(C)(C)c1cc(-c2[c-]ccc3c2oc2ccccc23)ncc1F.CC(C)Cc1cc(-c2[c-]cccc2)nc[c]1[Ge]([CH3])([CH3])[CH3].[Ir]. The zero-order valence-electron chi connectivity index (χ0n) is 27.4. The van der Waals surface area contributed by atoms with Gasteiger partial charge in [-0.3, -0.25) is 0 Å². The van der Waals surface area contributed by atoms with Gasteiger partial charge < -0.3 is 9.40 Å². The molecule has 0 aliphatic carbocycles. The minimum atomic E-state index is -1.86. The van der Waals surface area contributed by atoms with Crippen LogP contribution >= 0.6 is 0 Å². The molecule has 6 aromatic rings. The second-order valence-corrected chi connectivity index (χ2v) is 24.4. The molecule has 1 radical (unpaired) electrons. The molecule has 3 aromatic heterocycles. The van der Waals surface area contributed by atoms with Crippen molar-refractivity contribution in [1.82, 2.24) is 9.97 Å². The van der Waals surface area contributed by atoms with Crippen LogP contribution in [0.1, 0.15) is 45.7 Å². The van der Waals surface area contributed by atoms with E-state index in [1.807, 2.05) is 75.4 Å². The third kappa shape index (κ3) is 8.00. The van der Waals surface area contributed by atoms with Crippen LogP contribution in [0.15, 0.2) is 89.6 Å². The van der Waals surface area contributed by atoms with E-state index in [2.05, 4.69) is 66.6 Å². The van der Waals surface area contributed by atoms with E-state index < -0.39 is 13.3 Å². The number of fused-ring (bicyclic) bond motifs is 3. The summed E-state index contributed by atoms with van der Waals surface area (Å²) in [5.74, 6) is 7.70. The average Bonchev–Trinajstić information content (AvgIpc) is 3.36. The molecule has 0 saturated heterocycles. The van der Waals surface area contributed by atoms with Crippen molar-refractivity contribution < 1.29 is 28.9 Å². The molecular weight excluding hydrogens is 796 g/mol. The van der Waals surface area contributed by atoms with Crippen LogP contribution < -0.4 is 4.40 Å². The van der Waals surface area contributed by atoms with Crippen molar-refractivity contribution in [2.24, 2.45) is 5.92 Å². The number of nitrogens with zero attached hydrogens (tertiary/aromatic N) is 2. The Morgan fingerprint density at radius 3 is 2.22 bits per heavy atom. The van der Waals surface area contributed by atoms with Gasteiger partial charge in [-0.05, 0) is 22.7 Å². The quantitative estimate of drug-likeness (QED) is 0.128. The van der Waals surface area contributed by atoms with E-state index in [1.165, 1.54) is 11.8 Å². The third-order valence-corrected chi connectivity index (χ3v) is 12.0. The zero-order valence-corrected chi connectivity index (χ0v) is 31.9. The van der Waals surface area contributed by atoms with Crippen molar-refractivity contribution in [2.45, 2.75) is 63.7 Å². The Morgan fingerprint density at radius 1 is 0.844 bits per heavy atom. The third-order valence-electron chi connectivity index (χ3n) is 7.67. The number of rotatable bonds is 5. The fraction of sp³-hybridized carbons (Fsp3) is 0.282. The zero-order chi connectivity index (χ0) is 31.6. The monoisotopic (exact) mass is 839 g/mol. The Hall–Kier alpha value is -3.12. The number of furan rings is 1. The summed E-state index contributed by atoms with van der Waals surface area (Å²) in [6.45, 7) is 10.5.